The van der Waals surface area contributed by atoms with Crippen LogP contribution in [0.1, 0.15) is 47.9 Å². The van der Waals surface area contributed by atoms with Gasteiger partial charge in [0.15, 0.2) is 21.3 Å². The van der Waals surface area contributed by atoms with Crippen LogP contribution in [0.25, 0.3) is 0 Å². The number of sulfone groups is 1. The van der Waals surface area contributed by atoms with Crippen molar-refractivity contribution < 1.29 is 36.2 Å². The fraction of sp³-hybridized carbons (Fsp3) is 0.212. The molecule has 1 atom stereocenters. The van der Waals surface area contributed by atoms with Gasteiger partial charge in [-0.25, -0.2) is 26.6 Å². The molecule has 3 heterocycles. The van der Waals surface area contributed by atoms with Crippen LogP contribution in [-0.2, 0) is 16.4 Å². The summed E-state index contributed by atoms with van der Waals surface area (Å²) in [4.78, 5) is 18.4. The van der Waals surface area contributed by atoms with Crippen molar-refractivity contribution >= 4 is 27.1 Å². The lowest BCUT2D eigenvalue weighted by atomic mass is 9.88. The molecule has 0 saturated carbocycles. The number of nitrogens with zero attached hydrogens (tertiary/aromatic N) is 2. The normalized spacial score (nSPS) is 18.3. The summed E-state index contributed by atoms with van der Waals surface area (Å²) < 4.78 is 79.0. The summed E-state index contributed by atoms with van der Waals surface area (Å²) in [5, 5.41) is 13.9. The number of ether oxygens (including phenoxy) is 1. The van der Waals surface area contributed by atoms with Gasteiger partial charge in [-0.2, -0.15) is 0 Å². The lowest BCUT2D eigenvalue weighted by Gasteiger charge is -2.37. The smallest absolute Gasteiger partial charge is 0.280 e. The van der Waals surface area contributed by atoms with Crippen molar-refractivity contribution in [1.29, 1.82) is 0 Å². The monoisotopic (exact) mass is 635 g/mol. The molecule has 2 aliphatic heterocycles. The van der Waals surface area contributed by atoms with Gasteiger partial charge in [0.2, 0.25) is 0 Å². The number of nitrogens with one attached hydrogen (secondary N) is 1. The molecule has 0 fully saturated rings. The number of allylic oxidation sites excluding steroid dienone is 1. The number of pyridine rings is 1. The van der Waals surface area contributed by atoms with Crippen LogP contribution >= 0.6 is 0 Å². The molecule has 3 aromatic carbocycles. The molecule has 2 aliphatic rings. The molecular formula is C33H28F3N3O5S. The van der Waals surface area contributed by atoms with Gasteiger partial charge in [-0.1, -0.05) is 50.2 Å². The highest BCUT2D eigenvalue weighted by Gasteiger charge is 2.48. The first-order chi connectivity index (χ1) is 21.3. The van der Waals surface area contributed by atoms with Gasteiger partial charge < -0.3 is 15.2 Å². The fourth-order valence-corrected chi connectivity index (χ4v) is 8.21. The number of fused-ring (bicyclic) bond motifs is 1. The molecular weight excluding hydrogens is 607 g/mol. The van der Waals surface area contributed by atoms with Crippen LogP contribution in [0.5, 0.6) is 11.5 Å². The summed E-state index contributed by atoms with van der Waals surface area (Å²) in [5.41, 5.74) is -0.948. The summed E-state index contributed by atoms with van der Waals surface area (Å²) in [6.07, 6.45) is 0.811. The maximum absolute atomic E-state index is 16.2. The van der Waals surface area contributed by atoms with E-state index in [1.54, 1.807) is 13.8 Å². The minimum Gasteiger partial charge on any atom is -0.506 e. The first-order valence-electron chi connectivity index (χ1n) is 14.0. The number of aromatic hydroxyl groups is 1. The fourth-order valence-electron chi connectivity index (χ4n) is 5.86. The number of anilines is 2. The molecule has 0 spiro atoms. The number of hydrogen-bond acceptors (Lipinski definition) is 7. The molecule has 4 aromatic rings. The molecule has 1 aromatic heterocycles. The topological polar surface area (TPSA) is 109 Å². The van der Waals surface area contributed by atoms with Crippen LogP contribution in [0.15, 0.2) is 89.6 Å². The van der Waals surface area contributed by atoms with Crippen LogP contribution in [-0.4, -0.2) is 30.2 Å². The number of phenols is 1. The number of carbonyl (C=O) groups is 1. The molecule has 1 unspecified atom stereocenters. The van der Waals surface area contributed by atoms with E-state index in [2.05, 4.69) is 10.3 Å². The molecule has 0 radical (unpaired) electrons. The van der Waals surface area contributed by atoms with Crippen LogP contribution in [0.4, 0.5) is 24.5 Å². The number of hydrogen-bond donors (Lipinski definition) is 2. The molecule has 8 nitrogen and oxygen atoms in total. The van der Waals surface area contributed by atoms with Crippen molar-refractivity contribution in [2.45, 2.75) is 32.9 Å². The molecule has 0 saturated heterocycles. The van der Waals surface area contributed by atoms with Gasteiger partial charge in [-0.15, -0.1) is 0 Å². The third-order valence-corrected chi connectivity index (χ3v) is 9.98. The van der Waals surface area contributed by atoms with Gasteiger partial charge >= 0.3 is 0 Å². The van der Waals surface area contributed by atoms with Crippen LogP contribution in [0.3, 0.4) is 0 Å². The van der Waals surface area contributed by atoms with Crippen molar-refractivity contribution in [3.8, 4) is 11.5 Å². The summed E-state index contributed by atoms with van der Waals surface area (Å²) in [6, 6.07) is 16.0. The van der Waals surface area contributed by atoms with Crippen molar-refractivity contribution in [2.24, 2.45) is 5.41 Å². The second-order valence-corrected chi connectivity index (χ2v) is 13.7. The molecule has 0 bridgehead atoms. The van der Waals surface area contributed by atoms with Crippen molar-refractivity contribution in [2.75, 3.05) is 16.0 Å². The van der Waals surface area contributed by atoms with E-state index >= 15 is 8.78 Å². The Morgan fingerprint density at radius 1 is 1.04 bits per heavy atom. The number of phenolic OH excluding ortho intramolecular Hbond substituents is 1. The van der Waals surface area contributed by atoms with Crippen LogP contribution < -0.4 is 15.0 Å². The molecule has 232 valence electrons. The molecule has 1 amide bonds. The highest BCUT2D eigenvalue weighted by molar-refractivity contribution is 7.95. The number of para-hydroxylation sites is 1. The molecule has 12 heteroatoms. The maximum Gasteiger partial charge on any atom is 0.280 e. The SMILES string of the molecule is CC1(C)CC2=C(C(c3ccc(OCc4ccccc4)cc3F)N(C(=O)c3ncc(F)cc3F)c3cccc(O)c3N2)S(=O)(=O)C1. The predicted octanol–water partition coefficient (Wildman–Crippen LogP) is 6.65. The van der Waals surface area contributed by atoms with E-state index in [-0.39, 0.29) is 57.8 Å². The van der Waals surface area contributed by atoms with E-state index in [1.165, 1.54) is 30.3 Å². The minimum absolute atomic E-state index is 0.0421. The first-order valence-corrected chi connectivity index (χ1v) is 15.7. The van der Waals surface area contributed by atoms with Gasteiger partial charge in [0.1, 0.15) is 41.5 Å². The Morgan fingerprint density at radius 2 is 1.80 bits per heavy atom. The summed E-state index contributed by atoms with van der Waals surface area (Å²) in [5.74, 6) is -4.92. The molecule has 2 N–H and O–H groups in total. The van der Waals surface area contributed by atoms with E-state index in [4.69, 9.17) is 4.74 Å². The number of rotatable bonds is 5. The highest BCUT2D eigenvalue weighted by Crippen LogP contribution is 2.52. The quantitative estimate of drug-likeness (QED) is 0.236. The number of benzene rings is 3. The molecule has 0 aliphatic carbocycles. The zero-order valence-electron chi connectivity index (χ0n) is 24.2. The lowest BCUT2D eigenvalue weighted by molar-refractivity contribution is 0.0971. The largest absolute Gasteiger partial charge is 0.506 e. The van der Waals surface area contributed by atoms with Gasteiger partial charge in [0.25, 0.3) is 5.91 Å². The first kappa shape index (κ1) is 30.2. The van der Waals surface area contributed by atoms with Crippen molar-refractivity contribution in [1.82, 2.24) is 4.98 Å². The maximum atomic E-state index is 16.2. The summed E-state index contributed by atoms with van der Waals surface area (Å²) >= 11 is 0. The number of aromatic nitrogens is 1. The number of carbonyl (C=O) groups excluding carboxylic acids is 1. The van der Waals surface area contributed by atoms with E-state index in [0.29, 0.717) is 12.3 Å². The van der Waals surface area contributed by atoms with Crippen LogP contribution in [0, 0.1) is 22.9 Å². The zero-order valence-corrected chi connectivity index (χ0v) is 25.0. The Hall–Kier alpha value is -4.84. The Balaban J connectivity index is 1.57. The van der Waals surface area contributed by atoms with E-state index in [1.807, 2.05) is 30.3 Å². The number of amides is 1. The van der Waals surface area contributed by atoms with Gasteiger partial charge in [0.05, 0.1) is 22.5 Å². The zero-order chi connectivity index (χ0) is 32.1. The summed E-state index contributed by atoms with van der Waals surface area (Å²) in [7, 11) is -4.21. The van der Waals surface area contributed by atoms with E-state index in [9.17, 15) is 22.7 Å². The Morgan fingerprint density at radius 3 is 2.51 bits per heavy atom. The molecule has 6 rings (SSSR count). The van der Waals surface area contributed by atoms with Gasteiger partial charge in [0, 0.05) is 23.4 Å². The standard InChI is InChI=1S/C33H28F3N3O5S/c1-33(2)15-25-31(45(42,43)18-33)30(22-12-11-21(14-23(22)35)44-17-19-7-4-3-5-8-19)39(26-9-6-10-27(40)29(26)38-25)32(41)28-24(36)13-20(34)16-37-28/h3-14,16,30,38,40H,15,17-18H2,1-2H3. The average molecular weight is 636 g/mol. The Kier molecular flexibility index (Phi) is 7.56. The second-order valence-electron chi connectivity index (χ2n) is 11.8. The van der Waals surface area contributed by atoms with E-state index in [0.717, 1.165) is 16.5 Å². The Bertz CT molecular complexity index is 1970. The van der Waals surface area contributed by atoms with Gasteiger partial charge in [-0.05, 0) is 41.7 Å². The predicted molar refractivity (Wildman–Crippen MR) is 162 cm³/mol. The minimum atomic E-state index is -4.21. The average Bonchev–Trinajstić information content (AvgIpc) is 3.11. The van der Waals surface area contributed by atoms with E-state index < -0.39 is 50.3 Å². The van der Waals surface area contributed by atoms with Crippen molar-refractivity contribution in [3.05, 3.63) is 124 Å². The third kappa shape index (κ3) is 5.73. The van der Waals surface area contributed by atoms with Crippen molar-refractivity contribution in [3.63, 3.8) is 0 Å². The highest BCUT2D eigenvalue weighted by atomic mass is 32.2. The lowest BCUT2D eigenvalue weighted by Crippen LogP contribution is -2.42. The Labute approximate surface area is 257 Å². The second kappa shape index (κ2) is 11.3. The number of halogens is 3. The third-order valence-electron chi connectivity index (χ3n) is 7.68. The summed E-state index contributed by atoms with van der Waals surface area (Å²) in [6.45, 7) is 3.64. The molecule has 45 heavy (non-hydrogen) atoms. The van der Waals surface area contributed by atoms with Crippen LogP contribution in [0.2, 0.25) is 0 Å². The van der Waals surface area contributed by atoms with Gasteiger partial charge in [-0.3, -0.25) is 9.69 Å².